The van der Waals surface area contributed by atoms with Crippen molar-refractivity contribution >= 4 is 22.9 Å². The second-order valence-corrected chi connectivity index (χ2v) is 12.6. The number of pyridine rings is 1. The third-order valence-corrected chi connectivity index (χ3v) is 8.96. The van der Waals surface area contributed by atoms with Crippen LogP contribution in [0.3, 0.4) is 0 Å². The van der Waals surface area contributed by atoms with Gasteiger partial charge >= 0.3 is 0 Å². The minimum absolute atomic E-state index is 0.277. The number of unbranched alkanes of at least 4 members (excludes halogenated alkanes) is 1. The molecule has 0 aliphatic heterocycles. The highest BCUT2D eigenvalue weighted by molar-refractivity contribution is 7.98. The van der Waals surface area contributed by atoms with Crippen LogP contribution in [0.5, 0.6) is 0 Å². The molecular formula is C38H43N7O2S. The number of hydrogen-bond acceptors (Lipinski definition) is 8. The van der Waals surface area contributed by atoms with Crippen LogP contribution in [0.2, 0.25) is 0 Å². The van der Waals surface area contributed by atoms with Crippen LogP contribution in [-0.2, 0) is 29.0 Å². The summed E-state index contributed by atoms with van der Waals surface area (Å²) in [5.74, 6) is 2.35. The summed E-state index contributed by atoms with van der Waals surface area (Å²) in [6, 6.07) is 27.4. The van der Waals surface area contributed by atoms with Crippen molar-refractivity contribution in [2.24, 2.45) is 0 Å². The average molecular weight is 662 g/mol. The van der Waals surface area contributed by atoms with Gasteiger partial charge in [-0.3, -0.25) is 0 Å². The fourth-order valence-corrected chi connectivity index (χ4v) is 6.46. The summed E-state index contributed by atoms with van der Waals surface area (Å²) in [5.41, 5.74) is 10.5. The van der Waals surface area contributed by atoms with Crippen molar-refractivity contribution in [2.45, 2.75) is 66.3 Å². The van der Waals surface area contributed by atoms with E-state index in [1.165, 1.54) is 5.56 Å². The van der Waals surface area contributed by atoms with E-state index < -0.39 is 0 Å². The molecular weight excluding hydrogens is 619 g/mol. The van der Waals surface area contributed by atoms with E-state index in [0.717, 1.165) is 75.3 Å². The van der Waals surface area contributed by atoms with E-state index in [0.29, 0.717) is 31.5 Å². The fourth-order valence-electron chi connectivity index (χ4n) is 6.21. The first kappa shape index (κ1) is 33.5. The first-order valence-corrected chi connectivity index (χ1v) is 18.0. The minimum Gasteiger partial charge on any atom is -0.365 e. The summed E-state index contributed by atoms with van der Waals surface area (Å²) in [5, 5.41) is 12.5. The molecule has 248 valence electrons. The van der Waals surface area contributed by atoms with Gasteiger partial charge in [0.25, 0.3) is 0 Å². The van der Waals surface area contributed by atoms with Crippen LogP contribution >= 0.6 is 11.8 Å². The number of imidazole rings is 1. The SMILES string of the molecule is CCCCc1nc2c(C)c(-c3ccccc3)c(COCSC)nc2n1Cc1ccc(-c2ccccc2-c2nnnn2C(C)OCC)cc1. The van der Waals surface area contributed by atoms with Crippen molar-refractivity contribution < 1.29 is 9.47 Å². The lowest BCUT2D eigenvalue weighted by molar-refractivity contribution is 0.0159. The Balaban J connectivity index is 1.38. The Kier molecular flexibility index (Phi) is 10.9. The molecule has 0 fully saturated rings. The second-order valence-electron chi connectivity index (χ2n) is 11.8. The first-order chi connectivity index (χ1) is 23.5. The van der Waals surface area contributed by atoms with E-state index in [4.69, 9.17) is 19.4 Å². The fraction of sp³-hybridized carbons (Fsp3) is 0.342. The van der Waals surface area contributed by atoms with Crippen LogP contribution in [0.4, 0.5) is 0 Å². The summed E-state index contributed by atoms with van der Waals surface area (Å²) in [6.45, 7) is 10.00. The number of hydrogen-bond donors (Lipinski definition) is 0. The maximum atomic E-state index is 6.04. The van der Waals surface area contributed by atoms with Gasteiger partial charge in [0.15, 0.2) is 17.7 Å². The predicted molar refractivity (Wildman–Crippen MR) is 194 cm³/mol. The zero-order valence-corrected chi connectivity index (χ0v) is 29.2. The molecule has 6 aromatic rings. The van der Waals surface area contributed by atoms with Crippen LogP contribution in [-0.4, -0.2) is 53.5 Å². The van der Waals surface area contributed by atoms with E-state index in [-0.39, 0.29) is 6.23 Å². The number of tetrazole rings is 1. The summed E-state index contributed by atoms with van der Waals surface area (Å²) in [4.78, 5) is 10.5. The highest BCUT2D eigenvalue weighted by Crippen LogP contribution is 2.34. The lowest BCUT2D eigenvalue weighted by Crippen LogP contribution is -2.12. The molecule has 3 aromatic carbocycles. The smallest absolute Gasteiger partial charge is 0.185 e. The molecule has 0 saturated heterocycles. The number of fused-ring (bicyclic) bond motifs is 1. The molecule has 0 amide bonds. The van der Waals surface area contributed by atoms with E-state index in [1.54, 1.807) is 16.4 Å². The van der Waals surface area contributed by atoms with E-state index in [9.17, 15) is 0 Å². The molecule has 48 heavy (non-hydrogen) atoms. The summed E-state index contributed by atoms with van der Waals surface area (Å²) in [7, 11) is 0. The number of aryl methyl sites for hydroxylation is 2. The summed E-state index contributed by atoms with van der Waals surface area (Å²) < 4.78 is 15.9. The molecule has 0 aliphatic carbocycles. The van der Waals surface area contributed by atoms with E-state index in [1.807, 2.05) is 38.3 Å². The van der Waals surface area contributed by atoms with Crippen molar-refractivity contribution in [3.05, 3.63) is 102 Å². The molecule has 3 heterocycles. The number of benzene rings is 3. The number of rotatable bonds is 15. The molecule has 0 aliphatic rings. The van der Waals surface area contributed by atoms with Crippen LogP contribution in [0.15, 0.2) is 78.9 Å². The Morgan fingerprint density at radius 2 is 1.62 bits per heavy atom. The predicted octanol–water partition coefficient (Wildman–Crippen LogP) is 8.51. The van der Waals surface area contributed by atoms with Gasteiger partial charge in [0.1, 0.15) is 11.3 Å². The van der Waals surface area contributed by atoms with Crippen LogP contribution in [0.1, 0.15) is 62.5 Å². The number of nitrogens with zero attached hydrogens (tertiary/aromatic N) is 7. The topological polar surface area (TPSA) is 92.8 Å². The highest BCUT2D eigenvalue weighted by atomic mass is 32.2. The molecule has 0 bridgehead atoms. The Hall–Kier alpha value is -4.38. The minimum atomic E-state index is -0.277. The van der Waals surface area contributed by atoms with Crippen molar-refractivity contribution in [2.75, 3.05) is 18.8 Å². The van der Waals surface area contributed by atoms with Gasteiger partial charge in [0, 0.05) is 24.2 Å². The standard InChI is InChI=1S/C38H43N7O2S/c1-6-8-18-34-40-36-26(3)35(30-14-10-9-11-15-30)33(24-46-25-48-5)39-38(36)44(34)23-28-19-21-29(22-20-28)31-16-12-13-17-32(31)37-41-42-43-45(37)27(4)47-7-2/h9-17,19-22,27H,6-8,18,23-25H2,1-5H3. The van der Waals surface area contributed by atoms with Crippen LogP contribution in [0.25, 0.3) is 44.8 Å². The molecule has 0 spiro atoms. The molecule has 9 nitrogen and oxygen atoms in total. The monoisotopic (exact) mass is 661 g/mol. The Bertz CT molecular complexity index is 1950. The highest BCUT2D eigenvalue weighted by Gasteiger charge is 2.22. The van der Waals surface area contributed by atoms with Gasteiger partial charge in [-0.2, -0.15) is 4.68 Å². The van der Waals surface area contributed by atoms with Gasteiger partial charge in [-0.25, -0.2) is 9.97 Å². The van der Waals surface area contributed by atoms with Gasteiger partial charge in [0.05, 0.1) is 24.8 Å². The third kappa shape index (κ3) is 7.06. The lowest BCUT2D eigenvalue weighted by atomic mass is 9.98. The molecule has 1 atom stereocenters. The Morgan fingerprint density at radius 3 is 2.35 bits per heavy atom. The Morgan fingerprint density at radius 1 is 0.875 bits per heavy atom. The molecule has 6 rings (SSSR count). The maximum Gasteiger partial charge on any atom is 0.185 e. The Labute approximate surface area is 286 Å². The molecule has 3 aromatic heterocycles. The third-order valence-electron chi connectivity index (χ3n) is 8.55. The van der Waals surface area contributed by atoms with Crippen LogP contribution in [0, 0.1) is 6.92 Å². The van der Waals surface area contributed by atoms with Crippen molar-refractivity contribution in [3.63, 3.8) is 0 Å². The van der Waals surface area contributed by atoms with E-state index >= 15 is 0 Å². The maximum absolute atomic E-state index is 6.04. The van der Waals surface area contributed by atoms with E-state index in [2.05, 4.69) is 94.6 Å². The summed E-state index contributed by atoms with van der Waals surface area (Å²) in [6.07, 6.45) is 4.83. The van der Waals surface area contributed by atoms with Gasteiger partial charge < -0.3 is 14.0 Å². The van der Waals surface area contributed by atoms with Crippen molar-refractivity contribution in [1.82, 2.24) is 34.7 Å². The van der Waals surface area contributed by atoms with Crippen molar-refractivity contribution in [3.8, 4) is 33.6 Å². The summed E-state index contributed by atoms with van der Waals surface area (Å²) >= 11 is 1.67. The zero-order valence-electron chi connectivity index (χ0n) is 28.4. The van der Waals surface area contributed by atoms with Gasteiger partial charge in [-0.1, -0.05) is 92.2 Å². The average Bonchev–Trinajstić information content (AvgIpc) is 3.74. The van der Waals surface area contributed by atoms with Crippen molar-refractivity contribution in [1.29, 1.82) is 0 Å². The van der Waals surface area contributed by atoms with Gasteiger partial charge in [-0.05, 0) is 71.7 Å². The largest absolute Gasteiger partial charge is 0.365 e. The number of aromatic nitrogens is 7. The second kappa shape index (κ2) is 15.7. The zero-order chi connectivity index (χ0) is 33.5. The molecule has 10 heteroatoms. The molecule has 0 N–H and O–H groups in total. The van der Waals surface area contributed by atoms with Gasteiger partial charge in [-0.15, -0.1) is 16.9 Å². The first-order valence-electron chi connectivity index (χ1n) is 16.6. The van der Waals surface area contributed by atoms with Gasteiger partial charge in [0.2, 0.25) is 0 Å². The van der Waals surface area contributed by atoms with Crippen LogP contribution < -0.4 is 0 Å². The normalized spacial score (nSPS) is 12.2. The lowest BCUT2D eigenvalue weighted by Gasteiger charge is -2.16. The molecule has 0 saturated carbocycles. The molecule has 1 unspecified atom stereocenters. The number of thioether (sulfide) groups is 1. The quantitative estimate of drug-likeness (QED) is 0.0799. The molecule has 0 radical (unpaired) electrons. The number of ether oxygens (including phenoxy) is 2.